The number of fused-ring (bicyclic) bond motifs is 3. The van der Waals surface area contributed by atoms with Gasteiger partial charge < -0.3 is 19.3 Å². The van der Waals surface area contributed by atoms with Crippen molar-refractivity contribution in [3.63, 3.8) is 0 Å². The highest BCUT2D eigenvalue weighted by Crippen LogP contribution is 2.63. The first-order valence-corrected chi connectivity index (χ1v) is 11.9. The van der Waals surface area contributed by atoms with Crippen molar-refractivity contribution in [1.82, 2.24) is 0 Å². The monoisotopic (exact) mass is 438 g/mol. The van der Waals surface area contributed by atoms with E-state index in [1.807, 2.05) is 24.3 Å². The minimum atomic E-state index is -0.814. The lowest BCUT2D eigenvalue weighted by molar-refractivity contribution is -0.307. The fourth-order valence-corrected chi connectivity index (χ4v) is 6.98. The topological polar surface area (TPSA) is 65.0 Å². The number of carbonyl (C=O) groups is 1. The number of benzene rings is 1. The number of esters is 1. The second kappa shape index (κ2) is 8.12. The lowest BCUT2D eigenvalue weighted by atomic mass is 9.46. The van der Waals surface area contributed by atoms with E-state index in [0.29, 0.717) is 24.5 Å². The fraction of sp³-hybridized carbons (Fsp3) is 0.593. The van der Waals surface area contributed by atoms with Gasteiger partial charge in [0.25, 0.3) is 0 Å². The SMILES string of the molecule is C=C1CCC2[C@]3(C)COC(c4ccccc4)OC3CC[C@]2(C)[C@H]1C/C=C1/C(=O)OCC1O. The number of allylic oxidation sites excluding steroid dienone is 2. The second-order valence-electron chi connectivity index (χ2n) is 10.5. The molecule has 2 saturated heterocycles. The van der Waals surface area contributed by atoms with Gasteiger partial charge in [0.15, 0.2) is 6.29 Å². The van der Waals surface area contributed by atoms with Crippen LogP contribution in [0.25, 0.3) is 0 Å². The van der Waals surface area contributed by atoms with Crippen LogP contribution in [0, 0.1) is 22.7 Å². The molecular weight excluding hydrogens is 404 g/mol. The van der Waals surface area contributed by atoms with Crippen molar-refractivity contribution < 1.29 is 24.1 Å². The number of hydrogen-bond acceptors (Lipinski definition) is 5. The van der Waals surface area contributed by atoms with Crippen LogP contribution in [0.2, 0.25) is 0 Å². The molecule has 5 rings (SSSR count). The number of aliphatic hydroxyl groups is 1. The molecule has 5 nitrogen and oxygen atoms in total. The van der Waals surface area contributed by atoms with Crippen LogP contribution in [0.1, 0.15) is 57.8 Å². The van der Waals surface area contributed by atoms with Gasteiger partial charge >= 0.3 is 5.97 Å². The molecule has 2 saturated carbocycles. The molecular formula is C27H34O5. The maximum Gasteiger partial charge on any atom is 0.336 e. The highest BCUT2D eigenvalue weighted by Gasteiger charge is 2.60. The van der Waals surface area contributed by atoms with Crippen molar-refractivity contribution in [3.05, 3.63) is 59.7 Å². The summed E-state index contributed by atoms with van der Waals surface area (Å²) in [5.41, 5.74) is 2.72. The van der Waals surface area contributed by atoms with E-state index >= 15 is 0 Å². The van der Waals surface area contributed by atoms with E-state index in [-0.39, 0.29) is 35.7 Å². The van der Waals surface area contributed by atoms with E-state index in [1.165, 1.54) is 5.57 Å². The summed E-state index contributed by atoms with van der Waals surface area (Å²) in [7, 11) is 0. The van der Waals surface area contributed by atoms with E-state index in [1.54, 1.807) is 0 Å². The normalized spacial score (nSPS) is 43.0. The van der Waals surface area contributed by atoms with Gasteiger partial charge in [-0.15, -0.1) is 0 Å². The predicted molar refractivity (Wildman–Crippen MR) is 120 cm³/mol. The molecule has 0 amide bonds. The van der Waals surface area contributed by atoms with Gasteiger partial charge in [-0.1, -0.05) is 62.4 Å². The Bertz CT molecular complexity index is 923. The van der Waals surface area contributed by atoms with Crippen molar-refractivity contribution in [2.45, 2.75) is 64.4 Å². The van der Waals surface area contributed by atoms with Gasteiger partial charge in [0.1, 0.15) is 12.7 Å². The van der Waals surface area contributed by atoms with Crippen LogP contribution >= 0.6 is 0 Å². The third-order valence-corrected chi connectivity index (χ3v) is 8.76. The molecule has 7 atom stereocenters. The Kier molecular flexibility index (Phi) is 5.55. The van der Waals surface area contributed by atoms with Crippen molar-refractivity contribution in [1.29, 1.82) is 0 Å². The van der Waals surface area contributed by atoms with Crippen LogP contribution in [0.4, 0.5) is 0 Å². The van der Waals surface area contributed by atoms with Gasteiger partial charge in [0.05, 0.1) is 18.3 Å². The Morgan fingerprint density at radius 2 is 1.97 bits per heavy atom. The van der Waals surface area contributed by atoms with E-state index in [4.69, 9.17) is 14.2 Å². The zero-order valence-corrected chi connectivity index (χ0v) is 19.1. The highest BCUT2D eigenvalue weighted by atomic mass is 16.7. The summed E-state index contributed by atoms with van der Waals surface area (Å²) in [4.78, 5) is 12.0. The molecule has 32 heavy (non-hydrogen) atoms. The molecule has 1 aromatic carbocycles. The van der Waals surface area contributed by atoms with Gasteiger partial charge in [0, 0.05) is 11.0 Å². The molecule has 4 unspecified atom stereocenters. The number of carbonyl (C=O) groups excluding carboxylic acids is 1. The standard InChI is InChI=1S/C27H34O5/c1-17-9-12-22-26(2,20(17)11-10-19-21(28)15-30-24(19)29)14-13-23-27(22,3)16-31-25(32-23)18-7-5-4-6-8-18/h4-8,10,20-23,25,28H,1,9,11-16H2,2-3H3/b19-10+/t20-,21?,22?,23?,25?,26+,27-/m0/s1. The minimum Gasteiger partial charge on any atom is -0.459 e. The molecule has 172 valence electrons. The maximum atomic E-state index is 12.0. The number of hydrogen-bond donors (Lipinski definition) is 1. The largest absolute Gasteiger partial charge is 0.459 e. The summed E-state index contributed by atoms with van der Waals surface area (Å²) in [5, 5.41) is 10.1. The molecule has 0 radical (unpaired) electrons. The predicted octanol–water partition coefficient (Wildman–Crippen LogP) is 4.72. The molecule has 5 heteroatoms. The van der Waals surface area contributed by atoms with Crippen LogP contribution in [0.5, 0.6) is 0 Å². The molecule has 0 bridgehead atoms. The third-order valence-electron chi connectivity index (χ3n) is 8.76. The third kappa shape index (κ3) is 3.46. The number of ether oxygens (including phenoxy) is 3. The molecule has 1 N–H and O–H groups in total. The van der Waals surface area contributed by atoms with E-state index in [0.717, 1.165) is 31.2 Å². The lowest BCUT2D eigenvalue weighted by Crippen LogP contribution is -2.60. The zero-order valence-electron chi connectivity index (χ0n) is 19.1. The van der Waals surface area contributed by atoms with E-state index in [2.05, 4.69) is 32.6 Å². The smallest absolute Gasteiger partial charge is 0.336 e. The molecule has 2 aliphatic carbocycles. The highest BCUT2D eigenvalue weighted by molar-refractivity contribution is 5.91. The quantitative estimate of drug-likeness (QED) is 0.420. The summed E-state index contributed by atoms with van der Waals surface area (Å²) < 4.78 is 17.9. The Labute approximate surface area is 190 Å². The van der Waals surface area contributed by atoms with Crippen molar-refractivity contribution in [3.8, 4) is 0 Å². The molecule has 2 aliphatic heterocycles. The first-order valence-electron chi connectivity index (χ1n) is 11.9. The first kappa shape index (κ1) is 21.9. The molecule has 2 heterocycles. The van der Waals surface area contributed by atoms with Gasteiger partial charge in [-0.3, -0.25) is 0 Å². The summed E-state index contributed by atoms with van der Waals surface area (Å²) in [6, 6.07) is 10.2. The number of aliphatic hydroxyl groups excluding tert-OH is 1. The molecule has 4 aliphatic rings. The van der Waals surface area contributed by atoms with Crippen LogP contribution < -0.4 is 0 Å². The number of rotatable bonds is 3. The Balaban J connectivity index is 1.38. The first-order chi connectivity index (χ1) is 15.3. The maximum absolute atomic E-state index is 12.0. The van der Waals surface area contributed by atoms with E-state index < -0.39 is 12.1 Å². The summed E-state index contributed by atoms with van der Waals surface area (Å²) in [6.45, 7) is 9.89. The fourth-order valence-electron chi connectivity index (χ4n) is 6.98. The molecule has 4 fully saturated rings. The van der Waals surface area contributed by atoms with Gasteiger partial charge in [-0.05, 0) is 49.4 Å². The van der Waals surface area contributed by atoms with Crippen LogP contribution in [0.15, 0.2) is 54.1 Å². The van der Waals surface area contributed by atoms with Crippen LogP contribution in [0.3, 0.4) is 0 Å². The van der Waals surface area contributed by atoms with Gasteiger partial charge in [-0.25, -0.2) is 4.79 Å². The summed E-state index contributed by atoms with van der Waals surface area (Å²) in [5.74, 6) is 0.316. The Morgan fingerprint density at radius 3 is 2.69 bits per heavy atom. The Hall–Kier alpha value is -1.95. The molecule has 0 spiro atoms. The second-order valence-corrected chi connectivity index (χ2v) is 10.5. The van der Waals surface area contributed by atoms with Crippen molar-refractivity contribution >= 4 is 5.97 Å². The van der Waals surface area contributed by atoms with Crippen LogP contribution in [-0.2, 0) is 19.0 Å². The minimum absolute atomic E-state index is 0.0530. The summed E-state index contributed by atoms with van der Waals surface area (Å²) >= 11 is 0. The zero-order chi connectivity index (χ0) is 22.5. The lowest BCUT2D eigenvalue weighted by Gasteiger charge is -2.62. The van der Waals surface area contributed by atoms with Gasteiger partial charge in [-0.2, -0.15) is 0 Å². The number of cyclic esters (lactones) is 1. The molecule has 0 aromatic heterocycles. The Morgan fingerprint density at radius 1 is 1.19 bits per heavy atom. The van der Waals surface area contributed by atoms with Crippen LogP contribution in [-0.4, -0.2) is 36.5 Å². The van der Waals surface area contributed by atoms with E-state index in [9.17, 15) is 9.90 Å². The van der Waals surface area contributed by atoms with Gasteiger partial charge in [0.2, 0.25) is 0 Å². The average Bonchev–Trinajstić information content (AvgIpc) is 3.10. The van der Waals surface area contributed by atoms with Crippen molar-refractivity contribution in [2.24, 2.45) is 22.7 Å². The summed E-state index contributed by atoms with van der Waals surface area (Å²) in [6.07, 6.45) is 5.77. The molecule has 1 aromatic rings. The van der Waals surface area contributed by atoms with Crippen molar-refractivity contribution in [2.75, 3.05) is 13.2 Å². The average molecular weight is 439 g/mol.